The van der Waals surface area contributed by atoms with Gasteiger partial charge in [-0.2, -0.15) is 0 Å². The lowest BCUT2D eigenvalue weighted by molar-refractivity contribution is -0.277. The largest absolute Gasteiger partial charge is 0.462 e. The average Bonchev–Trinajstić information content (AvgIpc) is 2.88. The zero-order chi connectivity index (χ0) is 26.6. The first kappa shape index (κ1) is 30.0. The van der Waals surface area contributed by atoms with Gasteiger partial charge in [0.15, 0.2) is 18.4 Å². The summed E-state index contributed by atoms with van der Waals surface area (Å²) in [6, 6.07) is 0. The van der Waals surface area contributed by atoms with Gasteiger partial charge in [-0.25, -0.2) is 0 Å². The first-order chi connectivity index (χ1) is 17.9. The topological polar surface area (TPSA) is 101 Å². The molecule has 8 unspecified atom stereocenters. The van der Waals surface area contributed by atoms with E-state index in [1.54, 1.807) is 12.2 Å². The number of hydrogen-bond acceptors (Lipinski definition) is 8. The van der Waals surface area contributed by atoms with Crippen LogP contribution < -0.4 is 0 Å². The Bertz CT molecular complexity index is 759. The van der Waals surface area contributed by atoms with Crippen LogP contribution in [0, 0.1) is 5.92 Å². The van der Waals surface area contributed by atoms with Gasteiger partial charge in [0.1, 0.15) is 6.10 Å². The molecule has 0 saturated carbocycles. The van der Waals surface area contributed by atoms with E-state index in [1.807, 2.05) is 32.9 Å². The molecule has 0 radical (unpaired) electrons. The van der Waals surface area contributed by atoms with Gasteiger partial charge in [0, 0.05) is 31.8 Å². The number of rotatable bonds is 5. The molecule has 3 aliphatic heterocycles. The van der Waals surface area contributed by atoms with Crippen molar-refractivity contribution in [2.24, 2.45) is 5.92 Å². The molecule has 1 N–H and O–H groups in total. The monoisotopic (exact) mass is 522 g/mol. The minimum absolute atomic E-state index is 0.0506. The zero-order valence-electron chi connectivity index (χ0n) is 22.7. The SMILES string of the molecule is CCC1CC=CC=CC(=O)CCCC(OC2CCC(OC3CCCCO3)C(C)O2)C(C)C(O)CC(=O)O1. The fourth-order valence-corrected chi connectivity index (χ4v) is 5.04. The molecule has 3 aliphatic rings. The molecule has 2 saturated heterocycles. The molecule has 0 aromatic heterocycles. The summed E-state index contributed by atoms with van der Waals surface area (Å²) in [5, 5.41) is 10.9. The fraction of sp³-hybridized carbons (Fsp3) is 0.793. The number of hydrogen-bond donors (Lipinski definition) is 1. The lowest BCUT2D eigenvalue weighted by Gasteiger charge is -2.39. The Labute approximate surface area is 221 Å². The maximum Gasteiger partial charge on any atom is 0.308 e. The van der Waals surface area contributed by atoms with Crippen molar-refractivity contribution in [3.05, 3.63) is 24.3 Å². The summed E-state index contributed by atoms with van der Waals surface area (Å²) in [5.74, 6) is -0.701. The highest BCUT2D eigenvalue weighted by atomic mass is 16.7. The van der Waals surface area contributed by atoms with Crippen molar-refractivity contribution in [3.63, 3.8) is 0 Å². The minimum atomic E-state index is -0.922. The van der Waals surface area contributed by atoms with E-state index in [2.05, 4.69) is 0 Å². The lowest BCUT2D eigenvalue weighted by Crippen LogP contribution is -2.45. The normalized spacial score (nSPS) is 37.3. The van der Waals surface area contributed by atoms with Crippen molar-refractivity contribution in [2.75, 3.05) is 6.61 Å². The van der Waals surface area contributed by atoms with Crippen LogP contribution in [-0.4, -0.2) is 66.6 Å². The molecule has 0 amide bonds. The number of ether oxygens (including phenoxy) is 5. The van der Waals surface area contributed by atoms with Crippen molar-refractivity contribution in [2.45, 2.75) is 135 Å². The van der Waals surface area contributed by atoms with Crippen LogP contribution in [0.3, 0.4) is 0 Å². The molecule has 3 heterocycles. The molecular formula is C29H46O8. The first-order valence-corrected chi connectivity index (χ1v) is 14.2. The van der Waals surface area contributed by atoms with E-state index in [0.717, 1.165) is 32.3 Å². The second kappa shape index (κ2) is 15.7. The first-order valence-electron chi connectivity index (χ1n) is 14.2. The van der Waals surface area contributed by atoms with Gasteiger partial charge in [0.25, 0.3) is 0 Å². The summed E-state index contributed by atoms with van der Waals surface area (Å²) >= 11 is 0. The van der Waals surface area contributed by atoms with Crippen LogP contribution in [0.15, 0.2) is 24.3 Å². The summed E-state index contributed by atoms with van der Waals surface area (Å²) < 4.78 is 30.0. The molecular weight excluding hydrogens is 476 g/mol. The maximum absolute atomic E-state index is 12.5. The zero-order valence-corrected chi connectivity index (χ0v) is 22.7. The van der Waals surface area contributed by atoms with E-state index in [-0.39, 0.29) is 48.8 Å². The average molecular weight is 523 g/mol. The van der Waals surface area contributed by atoms with Crippen molar-refractivity contribution < 1.29 is 38.4 Å². The number of ketones is 1. The Morgan fingerprint density at radius 3 is 2.51 bits per heavy atom. The highest BCUT2D eigenvalue weighted by Gasteiger charge is 2.35. The van der Waals surface area contributed by atoms with Gasteiger partial charge < -0.3 is 28.8 Å². The molecule has 8 atom stereocenters. The van der Waals surface area contributed by atoms with Crippen molar-refractivity contribution in [1.82, 2.24) is 0 Å². The van der Waals surface area contributed by atoms with E-state index in [9.17, 15) is 14.7 Å². The number of aliphatic hydroxyl groups excluding tert-OH is 1. The summed E-state index contributed by atoms with van der Waals surface area (Å²) in [5.41, 5.74) is 0. The number of esters is 1. The van der Waals surface area contributed by atoms with Crippen molar-refractivity contribution in [1.29, 1.82) is 0 Å². The van der Waals surface area contributed by atoms with Gasteiger partial charge in [0.05, 0.1) is 30.8 Å². The van der Waals surface area contributed by atoms with Gasteiger partial charge in [-0.1, -0.05) is 32.1 Å². The molecule has 0 spiro atoms. The summed E-state index contributed by atoms with van der Waals surface area (Å²) in [4.78, 5) is 24.8. The minimum Gasteiger partial charge on any atom is -0.462 e. The number of aliphatic hydroxyl groups is 1. The quantitative estimate of drug-likeness (QED) is 0.515. The molecule has 8 heteroatoms. The van der Waals surface area contributed by atoms with Crippen LogP contribution >= 0.6 is 0 Å². The van der Waals surface area contributed by atoms with E-state index < -0.39 is 18.4 Å². The highest BCUT2D eigenvalue weighted by molar-refractivity contribution is 5.89. The smallest absolute Gasteiger partial charge is 0.308 e. The number of carbonyl (C=O) groups excluding carboxylic acids is 2. The number of cyclic esters (lactones) is 1. The van der Waals surface area contributed by atoms with E-state index in [0.29, 0.717) is 38.5 Å². The Morgan fingerprint density at radius 2 is 1.78 bits per heavy atom. The number of allylic oxidation sites excluding steroid dienone is 3. The molecule has 0 bridgehead atoms. The Kier molecular flexibility index (Phi) is 12.7. The van der Waals surface area contributed by atoms with E-state index >= 15 is 0 Å². The second-order valence-electron chi connectivity index (χ2n) is 10.5. The van der Waals surface area contributed by atoms with Crippen molar-refractivity contribution >= 4 is 11.8 Å². The summed E-state index contributed by atoms with van der Waals surface area (Å²) in [6.07, 6.45) is 11.9. The molecule has 8 nitrogen and oxygen atoms in total. The van der Waals surface area contributed by atoms with Crippen LogP contribution in [0.2, 0.25) is 0 Å². The van der Waals surface area contributed by atoms with Crippen molar-refractivity contribution in [3.8, 4) is 0 Å². The molecule has 0 aromatic rings. The van der Waals surface area contributed by atoms with Crippen LogP contribution in [0.25, 0.3) is 0 Å². The van der Waals surface area contributed by atoms with E-state index in [1.165, 1.54) is 0 Å². The molecule has 2 fully saturated rings. The predicted molar refractivity (Wildman–Crippen MR) is 139 cm³/mol. The Hall–Kier alpha value is -1.58. The van der Waals surface area contributed by atoms with Gasteiger partial charge in [0.2, 0.25) is 0 Å². The summed E-state index contributed by atoms with van der Waals surface area (Å²) in [6.45, 7) is 6.56. The predicted octanol–water partition coefficient (Wildman–Crippen LogP) is 4.77. The maximum atomic E-state index is 12.5. The lowest BCUT2D eigenvalue weighted by atomic mass is 9.91. The molecule has 3 rings (SSSR count). The third kappa shape index (κ3) is 10.2. The van der Waals surface area contributed by atoms with Gasteiger partial charge in [-0.05, 0) is 57.9 Å². The third-order valence-electron chi connectivity index (χ3n) is 7.53. The Morgan fingerprint density at radius 1 is 0.973 bits per heavy atom. The molecule has 37 heavy (non-hydrogen) atoms. The fourth-order valence-electron chi connectivity index (χ4n) is 5.04. The summed E-state index contributed by atoms with van der Waals surface area (Å²) in [7, 11) is 0. The highest BCUT2D eigenvalue weighted by Crippen LogP contribution is 2.30. The van der Waals surface area contributed by atoms with Crippen LogP contribution in [0.1, 0.15) is 91.4 Å². The van der Waals surface area contributed by atoms with Crippen LogP contribution in [-0.2, 0) is 33.3 Å². The second-order valence-corrected chi connectivity index (χ2v) is 10.5. The van der Waals surface area contributed by atoms with E-state index in [4.69, 9.17) is 23.7 Å². The molecule has 0 aliphatic carbocycles. The molecule has 0 aromatic carbocycles. The van der Waals surface area contributed by atoms with Crippen LogP contribution in [0.4, 0.5) is 0 Å². The van der Waals surface area contributed by atoms with Crippen LogP contribution in [0.5, 0.6) is 0 Å². The standard InChI is InChI=1S/C29H46O8/c1-4-23-13-7-5-6-11-22(30)12-10-14-25(20(2)24(31)19-27(32)35-23)36-29-17-16-26(21(3)34-29)37-28-15-8-9-18-33-28/h5-7,11,20-21,23-26,28-29,31H,4,8-10,12-19H2,1-3H3. The third-order valence-corrected chi connectivity index (χ3v) is 7.53. The number of carbonyl (C=O) groups is 2. The van der Waals surface area contributed by atoms with Gasteiger partial charge >= 0.3 is 5.97 Å². The van der Waals surface area contributed by atoms with Gasteiger partial charge in [-0.3, -0.25) is 9.59 Å². The molecule has 210 valence electrons. The Balaban J connectivity index is 1.61. The van der Waals surface area contributed by atoms with Gasteiger partial charge in [-0.15, -0.1) is 0 Å².